The van der Waals surface area contributed by atoms with E-state index in [-0.39, 0.29) is 29.8 Å². The van der Waals surface area contributed by atoms with Crippen LogP contribution in [-0.2, 0) is 28.3 Å². The molecular formula is C28H30F3N5O2S. The van der Waals surface area contributed by atoms with Gasteiger partial charge >= 0.3 is 6.18 Å². The third kappa shape index (κ3) is 7.53. The van der Waals surface area contributed by atoms with Crippen molar-refractivity contribution < 1.29 is 21.6 Å². The van der Waals surface area contributed by atoms with Crippen molar-refractivity contribution in [2.45, 2.75) is 57.4 Å². The second-order valence-corrected chi connectivity index (χ2v) is 12.6. The first-order valence-electron chi connectivity index (χ1n) is 12.6. The Hall–Kier alpha value is -3.54. The van der Waals surface area contributed by atoms with Gasteiger partial charge in [0.1, 0.15) is 16.4 Å². The van der Waals surface area contributed by atoms with Crippen molar-refractivity contribution in [3.8, 4) is 17.9 Å². The molecule has 0 spiro atoms. The van der Waals surface area contributed by atoms with Gasteiger partial charge in [0.25, 0.3) is 0 Å². The van der Waals surface area contributed by atoms with E-state index >= 15 is 0 Å². The van der Waals surface area contributed by atoms with E-state index in [9.17, 15) is 26.9 Å². The zero-order valence-corrected chi connectivity index (χ0v) is 22.6. The lowest BCUT2D eigenvalue weighted by atomic mass is 9.91. The largest absolute Gasteiger partial charge is 0.406 e. The van der Waals surface area contributed by atoms with Crippen LogP contribution in [0.1, 0.15) is 43.6 Å². The number of hydrogen-bond donors (Lipinski definition) is 2. The summed E-state index contributed by atoms with van der Waals surface area (Å²) in [5.74, 6) is 6.09. The fourth-order valence-electron chi connectivity index (χ4n) is 4.45. The number of rotatable bonds is 7. The monoisotopic (exact) mass is 557 g/mol. The molecule has 0 aliphatic carbocycles. The first kappa shape index (κ1) is 28.5. The smallest absolute Gasteiger partial charge is 0.373 e. The number of anilines is 1. The molecule has 3 heterocycles. The van der Waals surface area contributed by atoms with Gasteiger partial charge in [0.15, 0.2) is 0 Å². The molecule has 3 aromatic rings. The zero-order valence-electron chi connectivity index (χ0n) is 21.8. The number of sulfone groups is 1. The summed E-state index contributed by atoms with van der Waals surface area (Å²) >= 11 is 0. The predicted molar refractivity (Wildman–Crippen MR) is 145 cm³/mol. The van der Waals surface area contributed by atoms with Gasteiger partial charge in [-0.2, -0.15) is 18.4 Å². The van der Waals surface area contributed by atoms with Crippen molar-refractivity contribution in [1.29, 1.82) is 5.26 Å². The molecule has 1 fully saturated rings. The number of aromatic nitrogens is 2. The molecule has 1 saturated heterocycles. The van der Waals surface area contributed by atoms with Crippen molar-refractivity contribution >= 4 is 26.4 Å². The molecule has 0 atom stereocenters. The van der Waals surface area contributed by atoms with Gasteiger partial charge in [0.2, 0.25) is 0 Å². The quantitative estimate of drug-likeness (QED) is 0.414. The number of benzene rings is 1. The van der Waals surface area contributed by atoms with Crippen LogP contribution in [0.2, 0.25) is 0 Å². The Kier molecular flexibility index (Phi) is 8.24. The summed E-state index contributed by atoms with van der Waals surface area (Å²) < 4.78 is 64.6. The summed E-state index contributed by atoms with van der Waals surface area (Å²) in [6.07, 6.45) is -1.71. The first-order valence-corrected chi connectivity index (χ1v) is 14.4. The Morgan fingerprint density at radius 3 is 2.51 bits per heavy atom. The molecule has 2 aromatic heterocycles. The molecule has 0 radical (unpaired) electrons. The van der Waals surface area contributed by atoms with Crippen molar-refractivity contribution in [3.63, 3.8) is 0 Å². The second-order valence-electron chi connectivity index (χ2n) is 10.3. The van der Waals surface area contributed by atoms with Gasteiger partial charge < -0.3 is 15.2 Å². The van der Waals surface area contributed by atoms with Crippen LogP contribution >= 0.6 is 0 Å². The molecule has 4 rings (SSSR count). The lowest BCUT2D eigenvalue weighted by Gasteiger charge is -2.23. The van der Waals surface area contributed by atoms with Crippen LogP contribution in [0.15, 0.2) is 42.6 Å². The summed E-state index contributed by atoms with van der Waals surface area (Å²) in [6.45, 7) is 3.09. The number of pyridine rings is 1. The van der Waals surface area contributed by atoms with Gasteiger partial charge in [-0.15, -0.1) is 0 Å². The Morgan fingerprint density at radius 1 is 1.13 bits per heavy atom. The van der Waals surface area contributed by atoms with Crippen LogP contribution in [0.25, 0.3) is 10.9 Å². The minimum atomic E-state index is -4.41. The van der Waals surface area contributed by atoms with E-state index in [1.165, 1.54) is 4.57 Å². The van der Waals surface area contributed by atoms with E-state index in [1.807, 2.05) is 6.07 Å². The van der Waals surface area contributed by atoms with Crippen molar-refractivity contribution in [2.75, 3.05) is 23.4 Å². The van der Waals surface area contributed by atoms with Crippen LogP contribution in [-0.4, -0.2) is 48.2 Å². The molecule has 0 amide bonds. The maximum absolute atomic E-state index is 13.4. The van der Waals surface area contributed by atoms with Crippen molar-refractivity contribution in [1.82, 2.24) is 14.9 Å². The van der Waals surface area contributed by atoms with E-state index in [2.05, 4.69) is 33.5 Å². The van der Waals surface area contributed by atoms with Crippen molar-refractivity contribution in [2.24, 2.45) is 0 Å². The third-order valence-electron chi connectivity index (χ3n) is 6.73. The average Bonchev–Trinajstić information content (AvgIpc) is 3.21. The lowest BCUT2D eigenvalue weighted by molar-refractivity contribution is -0.140. The number of nitrogens with zero attached hydrogens (tertiary/aromatic N) is 3. The maximum atomic E-state index is 13.4. The molecule has 0 saturated carbocycles. The van der Waals surface area contributed by atoms with Gasteiger partial charge in [-0.3, -0.25) is 4.98 Å². The highest BCUT2D eigenvalue weighted by molar-refractivity contribution is 7.91. The summed E-state index contributed by atoms with van der Waals surface area (Å²) in [5, 5.41) is 16.3. The molecular weight excluding hydrogens is 527 g/mol. The summed E-state index contributed by atoms with van der Waals surface area (Å²) in [6, 6.07) is 12.8. The van der Waals surface area contributed by atoms with E-state index < -0.39 is 28.0 Å². The highest BCUT2D eigenvalue weighted by Crippen LogP contribution is 2.27. The minimum absolute atomic E-state index is 0.0946. The molecule has 39 heavy (non-hydrogen) atoms. The predicted octanol–water partition coefficient (Wildman–Crippen LogP) is 4.53. The Labute approximate surface area is 226 Å². The molecule has 206 valence electrons. The van der Waals surface area contributed by atoms with Gasteiger partial charge in [0.05, 0.1) is 52.8 Å². The first-order chi connectivity index (χ1) is 18.4. The highest BCUT2D eigenvalue weighted by Gasteiger charge is 2.30. The Morgan fingerprint density at radius 2 is 1.87 bits per heavy atom. The van der Waals surface area contributed by atoms with Crippen molar-refractivity contribution in [3.05, 3.63) is 59.5 Å². The molecule has 1 aliphatic heterocycles. The topological polar surface area (TPSA) is 99.8 Å². The number of fused-ring (bicyclic) bond motifs is 1. The molecule has 0 bridgehead atoms. The van der Waals surface area contributed by atoms with Crippen LogP contribution in [0, 0.1) is 23.2 Å². The fourth-order valence-corrected chi connectivity index (χ4v) is 5.94. The Bertz CT molecular complexity index is 1530. The van der Waals surface area contributed by atoms with Crippen LogP contribution in [0.3, 0.4) is 0 Å². The van der Waals surface area contributed by atoms with E-state index in [0.29, 0.717) is 41.7 Å². The Balaban J connectivity index is 1.47. The van der Waals surface area contributed by atoms with E-state index in [1.54, 1.807) is 50.4 Å². The average molecular weight is 558 g/mol. The second kappa shape index (κ2) is 11.3. The van der Waals surface area contributed by atoms with Gasteiger partial charge in [-0.25, -0.2) is 8.42 Å². The number of nitriles is 1. The fraction of sp³-hybridized carbons (Fsp3) is 0.429. The standard InChI is InChI=1S/C28H30F3N5O2S/c1-27(2,18-32)26-8-6-23(17-35-26)33-11-3-4-24-15-21-14-20(5-7-25(21)36(24)19-28(29,30)31)16-34-22-9-12-39(37,38)13-10-22/h5-8,14-15,17,22,33-34H,9-13,16,19H2,1-2H3. The van der Waals surface area contributed by atoms with Crippen LogP contribution < -0.4 is 10.6 Å². The molecule has 1 aliphatic rings. The number of nitrogens with one attached hydrogen (secondary N) is 2. The number of alkyl halides is 3. The lowest BCUT2D eigenvalue weighted by Crippen LogP contribution is -2.37. The van der Waals surface area contributed by atoms with Gasteiger partial charge in [-0.1, -0.05) is 12.0 Å². The van der Waals surface area contributed by atoms with Crippen LogP contribution in [0.4, 0.5) is 18.9 Å². The third-order valence-corrected chi connectivity index (χ3v) is 8.45. The SMILES string of the molecule is CC(C)(C#N)c1ccc(NCC#Cc2cc3cc(CNC4CCS(=O)(=O)CC4)ccc3n2CC(F)(F)F)cn1. The summed E-state index contributed by atoms with van der Waals surface area (Å²) in [4.78, 5) is 4.31. The molecule has 1 aromatic carbocycles. The molecule has 0 unspecified atom stereocenters. The molecule has 2 N–H and O–H groups in total. The molecule has 7 nitrogen and oxygen atoms in total. The number of halogens is 3. The van der Waals surface area contributed by atoms with Gasteiger partial charge in [-0.05, 0) is 68.5 Å². The van der Waals surface area contributed by atoms with Crippen LogP contribution in [0.5, 0.6) is 0 Å². The van der Waals surface area contributed by atoms with E-state index in [0.717, 1.165) is 5.56 Å². The zero-order chi connectivity index (χ0) is 28.3. The van der Waals surface area contributed by atoms with Gasteiger partial charge in [0, 0.05) is 23.5 Å². The molecule has 11 heteroatoms. The highest BCUT2D eigenvalue weighted by atomic mass is 32.2. The summed E-state index contributed by atoms with van der Waals surface area (Å²) in [7, 11) is -2.94. The summed E-state index contributed by atoms with van der Waals surface area (Å²) in [5.41, 5.74) is 2.22. The maximum Gasteiger partial charge on any atom is 0.406 e. The minimum Gasteiger partial charge on any atom is -0.373 e. The van der Waals surface area contributed by atoms with E-state index in [4.69, 9.17) is 0 Å². The normalized spacial score (nSPS) is 15.9. The number of hydrogen-bond acceptors (Lipinski definition) is 6.